The molecule has 5 nitrogen and oxygen atoms in total. The van der Waals surface area contributed by atoms with Gasteiger partial charge in [-0.2, -0.15) is 0 Å². The highest BCUT2D eigenvalue weighted by Gasteiger charge is 2.10. The van der Waals surface area contributed by atoms with Crippen LogP contribution in [-0.2, 0) is 11.2 Å². The fourth-order valence-corrected chi connectivity index (χ4v) is 2.17. The molecule has 0 saturated carbocycles. The average molecular weight is 289 g/mol. The Morgan fingerprint density at radius 3 is 2.55 bits per heavy atom. The molecule has 0 atom stereocenters. The minimum absolute atomic E-state index is 0.0277. The first-order valence-electron chi connectivity index (χ1n) is 6.37. The summed E-state index contributed by atoms with van der Waals surface area (Å²) in [6.45, 7) is 2.06. The molecule has 0 aliphatic carbocycles. The Morgan fingerprint density at radius 1 is 1.20 bits per heavy atom. The van der Waals surface area contributed by atoms with Crippen molar-refractivity contribution in [2.75, 3.05) is 5.32 Å². The van der Waals surface area contributed by atoms with Gasteiger partial charge in [-0.05, 0) is 12.0 Å². The Kier molecular flexibility index (Phi) is 4.95. The quantitative estimate of drug-likeness (QED) is 0.830. The summed E-state index contributed by atoms with van der Waals surface area (Å²) in [5.74, 6) is -0.250. The maximum absolute atomic E-state index is 11.9. The van der Waals surface area contributed by atoms with Crippen LogP contribution in [0.2, 0.25) is 0 Å². The van der Waals surface area contributed by atoms with Crippen LogP contribution in [0.25, 0.3) is 0 Å². The van der Waals surface area contributed by atoms with E-state index in [-0.39, 0.29) is 24.5 Å². The fraction of sp³-hybridized carbons (Fsp3) is 0.286. The zero-order chi connectivity index (χ0) is 14.4. The van der Waals surface area contributed by atoms with Gasteiger partial charge < -0.3 is 5.32 Å². The van der Waals surface area contributed by atoms with Gasteiger partial charge in [-0.1, -0.05) is 42.5 Å². The lowest BCUT2D eigenvalue weighted by Crippen LogP contribution is -2.13. The average Bonchev–Trinajstić information content (AvgIpc) is 2.97. The molecule has 104 valence electrons. The summed E-state index contributed by atoms with van der Waals surface area (Å²) in [5, 5.41) is 10.4. The van der Waals surface area contributed by atoms with Crippen LogP contribution in [0.3, 0.4) is 0 Å². The summed E-state index contributed by atoms with van der Waals surface area (Å²) in [5.41, 5.74) is 3.37. The van der Waals surface area contributed by atoms with Crippen molar-refractivity contribution < 1.29 is 9.59 Å². The van der Waals surface area contributed by atoms with E-state index in [2.05, 4.69) is 22.4 Å². The van der Waals surface area contributed by atoms with Crippen molar-refractivity contribution in [1.29, 1.82) is 0 Å². The Balaban J connectivity index is 1.83. The second kappa shape index (κ2) is 6.91. The van der Waals surface area contributed by atoms with Gasteiger partial charge in [-0.3, -0.25) is 9.59 Å². The van der Waals surface area contributed by atoms with E-state index in [1.165, 1.54) is 22.4 Å². The first kappa shape index (κ1) is 14.3. The van der Waals surface area contributed by atoms with Gasteiger partial charge in [0.15, 0.2) is 5.78 Å². The maximum atomic E-state index is 11.9. The number of carbonyl (C=O) groups is 2. The molecule has 1 amide bonds. The van der Waals surface area contributed by atoms with Crippen LogP contribution in [0.5, 0.6) is 0 Å². The molecule has 2 aromatic rings. The third-order valence-corrected chi connectivity index (χ3v) is 3.48. The molecule has 1 aromatic heterocycles. The van der Waals surface area contributed by atoms with Crippen molar-refractivity contribution in [3.8, 4) is 0 Å². The van der Waals surface area contributed by atoms with Gasteiger partial charge in [0.25, 0.3) is 0 Å². The van der Waals surface area contributed by atoms with Crippen molar-refractivity contribution in [2.45, 2.75) is 26.2 Å². The van der Waals surface area contributed by atoms with Gasteiger partial charge >= 0.3 is 0 Å². The van der Waals surface area contributed by atoms with Gasteiger partial charge in [-0.25, -0.2) is 0 Å². The summed E-state index contributed by atoms with van der Waals surface area (Å²) in [7, 11) is 0. The number of anilines is 1. The minimum Gasteiger partial charge on any atom is -0.301 e. The predicted molar refractivity (Wildman–Crippen MR) is 77.9 cm³/mol. The van der Waals surface area contributed by atoms with E-state index < -0.39 is 0 Å². The number of ketones is 1. The number of aryl methyl sites for hydroxylation is 1. The van der Waals surface area contributed by atoms with Crippen LogP contribution in [0, 0.1) is 0 Å². The summed E-state index contributed by atoms with van der Waals surface area (Å²) in [6, 6.07) is 7.50. The highest BCUT2D eigenvalue weighted by Crippen LogP contribution is 2.11. The fourth-order valence-electron chi connectivity index (χ4n) is 1.71. The number of rotatable bonds is 6. The molecule has 0 radical (unpaired) electrons. The number of carbonyl (C=O) groups excluding carboxylic acids is 2. The highest BCUT2D eigenvalue weighted by molar-refractivity contribution is 7.13. The molecule has 0 spiro atoms. The van der Waals surface area contributed by atoms with Gasteiger partial charge in [-0.15, -0.1) is 10.2 Å². The van der Waals surface area contributed by atoms with Crippen LogP contribution in [0.15, 0.2) is 29.8 Å². The molecule has 1 aromatic carbocycles. The van der Waals surface area contributed by atoms with Gasteiger partial charge in [0.1, 0.15) is 5.51 Å². The summed E-state index contributed by atoms with van der Waals surface area (Å²) >= 11 is 1.25. The Labute approximate surface area is 121 Å². The Hall–Kier alpha value is -2.08. The third-order valence-electron chi connectivity index (χ3n) is 2.87. The number of benzene rings is 1. The molecule has 6 heteroatoms. The SMILES string of the molecule is CCc1ccc(C(=O)CCC(=O)Nc2nncs2)cc1. The zero-order valence-corrected chi connectivity index (χ0v) is 11.9. The summed E-state index contributed by atoms with van der Waals surface area (Å²) in [6.07, 6.45) is 1.28. The van der Waals surface area contributed by atoms with E-state index in [9.17, 15) is 9.59 Å². The monoisotopic (exact) mass is 289 g/mol. The van der Waals surface area contributed by atoms with Gasteiger partial charge in [0.05, 0.1) is 0 Å². The van der Waals surface area contributed by atoms with E-state index in [0.717, 1.165) is 6.42 Å². The van der Waals surface area contributed by atoms with Crippen LogP contribution in [0.1, 0.15) is 35.7 Å². The number of Topliss-reactive ketones (excluding diaryl/α,β-unsaturated/α-hetero) is 1. The molecule has 0 aliphatic heterocycles. The highest BCUT2D eigenvalue weighted by atomic mass is 32.1. The normalized spacial score (nSPS) is 10.2. The molecule has 0 saturated heterocycles. The smallest absolute Gasteiger partial charge is 0.226 e. The van der Waals surface area contributed by atoms with Gasteiger partial charge in [0.2, 0.25) is 11.0 Å². The van der Waals surface area contributed by atoms with E-state index in [1.807, 2.05) is 24.3 Å². The van der Waals surface area contributed by atoms with Crippen molar-refractivity contribution in [1.82, 2.24) is 10.2 Å². The molecule has 20 heavy (non-hydrogen) atoms. The molecule has 2 rings (SSSR count). The van der Waals surface area contributed by atoms with Gasteiger partial charge in [0, 0.05) is 18.4 Å². The molecule has 0 unspecified atom stereocenters. The van der Waals surface area contributed by atoms with Crippen LogP contribution < -0.4 is 5.32 Å². The lowest BCUT2D eigenvalue weighted by Gasteiger charge is -2.03. The number of nitrogens with one attached hydrogen (secondary N) is 1. The number of amides is 1. The second-order valence-corrected chi connectivity index (χ2v) is 5.10. The summed E-state index contributed by atoms with van der Waals surface area (Å²) in [4.78, 5) is 23.6. The van der Waals surface area contributed by atoms with E-state index in [4.69, 9.17) is 0 Å². The first-order chi connectivity index (χ1) is 9.69. The Bertz CT molecular complexity index is 579. The number of aromatic nitrogens is 2. The number of hydrogen-bond acceptors (Lipinski definition) is 5. The van der Waals surface area contributed by atoms with E-state index >= 15 is 0 Å². The van der Waals surface area contributed by atoms with Crippen LogP contribution in [0.4, 0.5) is 5.13 Å². The van der Waals surface area contributed by atoms with Crippen LogP contribution >= 0.6 is 11.3 Å². The number of hydrogen-bond donors (Lipinski definition) is 1. The molecule has 1 heterocycles. The second-order valence-electron chi connectivity index (χ2n) is 4.27. The molecule has 0 fully saturated rings. The first-order valence-corrected chi connectivity index (χ1v) is 7.25. The lowest BCUT2D eigenvalue weighted by molar-refractivity contribution is -0.116. The van der Waals surface area contributed by atoms with E-state index in [1.54, 1.807) is 0 Å². The van der Waals surface area contributed by atoms with Crippen molar-refractivity contribution in [3.05, 3.63) is 40.9 Å². The molecular formula is C14H15N3O2S. The Morgan fingerprint density at radius 2 is 1.95 bits per heavy atom. The van der Waals surface area contributed by atoms with Crippen molar-refractivity contribution in [2.24, 2.45) is 0 Å². The molecule has 1 N–H and O–H groups in total. The number of nitrogens with zero attached hydrogens (tertiary/aromatic N) is 2. The molecule has 0 bridgehead atoms. The predicted octanol–water partition coefficient (Wildman–Crippen LogP) is 2.70. The lowest BCUT2D eigenvalue weighted by atomic mass is 10.0. The van der Waals surface area contributed by atoms with Crippen molar-refractivity contribution >= 4 is 28.2 Å². The summed E-state index contributed by atoms with van der Waals surface area (Å²) < 4.78 is 0. The topological polar surface area (TPSA) is 72.0 Å². The maximum Gasteiger partial charge on any atom is 0.226 e. The van der Waals surface area contributed by atoms with E-state index in [0.29, 0.717) is 10.7 Å². The molecule has 0 aliphatic rings. The minimum atomic E-state index is -0.222. The zero-order valence-electron chi connectivity index (χ0n) is 11.1. The third kappa shape index (κ3) is 3.96. The standard InChI is InChI=1S/C14H15N3O2S/c1-2-10-3-5-11(6-4-10)12(18)7-8-13(19)16-14-17-15-9-20-14/h3-6,9H,2,7-8H2,1H3,(H,16,17,19). The van der Waals surface area contributed by atoms with Crippen LogP contribution in [-0.4, -0.2) is 21.9 Å². The largest absolute Gasteiger partial charge is 0.301 e. The molecular weight excluding hydrogens is 274 g/mol. The van der Waals surface area contributed by atoms with Crippen molar-refractivity contribution in [3.63, 3.8) is 0 Å².